The van der Waals surface area contributed by atoms with Gasteiger partial charge in [-0.15, -0.1) is 5.10 Å². The quantitative estimate of drug-likeness (QED) is 0.410. The molecule has 3 atom stereocenters. The molecule has 43 heavy (non-hydrogen) atoms. The number of halogens is 1. The molecule has 226 valence electrons. The van der Waals surface area contributed by atoms with Crippen LogP contribution >= 0.6 is 0 Å². The van der Waals surface area contributed by atoms with Gasteiger partial charge in [0.1, 0.15) is 23.9 Å². The number of benzene rings is 2. The molecule has 1 aliphatic carbocycles. The summed E-state index contributed by atoms with van der Waals surface area (Å²) in [7, 11) is 0. The molecule has 10 nitrogen and oxygen atoms in total. The highest BCUT2D eigenvalue weighted by atomic mass is 19.1. The summed E-state index contributed by atoms with van der Waals surface area (Å²) < 4.78 is 23.4. The first-order valence-corrected chi connectivity index (χ1v) is 15.0. The van der Waals surface area contributed by atoms with E-state index >= 15 is 4.39 Å². The van der Waals surface area contributed by atoms with Crippen LogP contribution in [0.1, 0.15) is 84.4 Å². The minimum Gasteiger partial charge on any atom is -0.487 e. The van der Waals surface area contributed by atoms with E-state index in [0.29, 0.717) is 47.5 Å². The van der Waals surface area contributed by atoms with E-state index in [4.69, 9.17) is 4.74 Å². The molecule has 3 aromatic rings. The Morgan fingerprint density at radius 1 is 1.12 bits per heavy atom. The predicted octanol–water partition coefficient (Wildman–Crippen LogP) is 4.55. The van der Waals surface area contributed by atoms with E-state index in [0.717, 1.165) is 18.4 Å². The van der Waals surface area contributed by atoms with Gasteiger partial charge in [0, 0.05) is 36.8 Å². The Morgan fingerprint density at radius 3 is 2.60 bits per heavy atom. The van der Waals surface area contributed by atoms with E-state index in [9.17, 15) is 19.5 Å². The first kappa shape index (κ1) is 28.8. The zero-order valence-corrected chi connectivity index (χ0v) is 24.4. The molecule has 2 amide bonds. The van der Waals surface area contributed by atoms with E-state index in [1.54, 1.807) is 32.8 Å². The van der Waals surface area contributed by atoms with Crippen molar-refractivity contribution in [3.63, 3.8) is 0 Å². The first-order valence-electron chi connectivity index (χ1n) is 15.0. The number of ether oxygens (including phenoxy) is 1. The fourth-order valence-electron chi connectivity index (χ4n) is 6.75. The van der Waals surface area contributed by atoms with Crippen molar-refractivity contribution >= 4 is 17.8 Å². The molecular weight excluding hydrogens is 553 g/mol. The lowest BCUT2D eigenvalue weighted by Gasteiger charge is -2.42. The van der Waals surface area contributed by atoms with Gasteiger partial charge in [0.25, 0.3) is 5.91 Å². The molecule has 2 aromatic carbocycles. The lowest BCUT2D eigenvalue weighted by Crippen LogP contribution is -2.50. The Morgan fingerprint density at radius 2 is 1.88 bits per heavy atom. The third-order valence-corrected chi connectivity index (χ3v) is 9.01. The van der Waals surface area contributed by atoms with Crippen molar-refractivity contribution in [2.24, 2.45) is 11.8 Å². The number of fused-ring (bicyclic) bond motifs is 2. The van der Waals surface area contributed by atoms with E-state index in [2.05, 4.69) is 10.3 Å². The van der Waals surface area contributed by atoms with Gasteiger partial charge in [-0.1, -0.05) is 36.3 Å². The smallest absolute Gasteiger partial charge is 0.307 e. The van der Waals surface area contributed by atoms with Crippen molar-refractivity contribution < 1.29 is 28.6 Å². The Balaban J connectivity index is 1.37. The highest BCUT2D eigenvalue weighted by Crippen LogP contribution is 2.42. The van der Waals surface area contributed by atoms with Crippen molar-refractivity contribution in [1.29, 1.82) is 0 Å². The molecule has 3 heterocycles. The van der Waals surface area contributed by atoms with E-state index in [1.807, 2.05) is 32.0 Å². The number of carbonyl (C=O) groups excluding carboxylic acids is 2. The van der Waals surface area contributed by atoms with Gasteiger partial charge in [0.2, 0.25) is 5.91 Å². The first-order chi connectivity index (χ1) is 20.7. The molecule has 0 saturated heterocycles. The summed E-state index contributed by atoms with van der Waals surface area (Å²) in [5.74, 6) is -2.83. The number of aromatic nitrogens is 3. The second kappa shape index (κ2) is 11.8. The standard InChI is InChI=1S/C32H36FN5O5/c1-19(2)38-16-21(34-35-38)18-43-28-12-11-26(33)25-13-14-37(31(40)23-9-5-6-10-24(23)32(41)42)27(29(25)28)17-36-15-20-7-3-4-8-22(20)30(36)39/h3-4,7-8,11-12,16,19,23-24,27H,5-6,9-10,13-15,17-18H2,1-2H3,(H,41,42)/t23?,24-,27-/m1/s1. The third kappa shape index (κ3) is 5.48. The van der Waals surface area contributed by atoms with Gasteiger partial charge in [0.05, 0.1) is 24.1 Å². The summed E-state index contributed by atoms with van der Waals surface area (Å²) >= 11 is 0. The lowest BCUT2D eigenvalue weighted by atomic mass is 9.77. The number of nitrogens with zero attached hydrogens (tertiary/aromatic N) is 5. The maximum atomic E-state index is 15.4. The van der Waals surface area contributed by atoms with Crippen LogP contribution in [0.15, 0.2) is 42.6 Å². The van der Waals surface area contributed by atoms with Crippen LogP contribution in [0, 0.1) is 17.7 Å². The molecule has 1 fully saturated rings. The van der Waals surface area contributed by atoms with Gasteiger partial charge >= 0.3 is 5.97 Å². The molecular formula is C32H36FN5O5. The van der Waals surface area contributed by atoms with Gasteiger partial charge in [0.15, 0.2) is 0 Å². The van der Waals surface area contributed by atoms with Crippen molar-refractivity contribution in [3.05, 3.63) is 76.4 Å². The fraction of sp³-hybridized carbons (Fsp3) is 0.469. The fourth-order valence-corrected chi connectivity index (χ4v) is 6.75. The summed E-state index contributed by atoms with van der Waals surface area (Å²) in [5.41, 5.74) is 3.06. The number of hydrogen-bond donors (Lipinski definition) is 1. The second-order valence-corrected chi connectivity index (χ2v) is 12.0. The predicted molar refractivity (Wildman–Crippen MR) is 154 cm³/mol. The zero-order valence-electron chi connectivity index (χ0n) is 24.4. The van der Waals surface area contributed by atoms with E-state index < -0.39 is 29.7 Å². The summed E-state index contributed by atoms with van der Waals surface area (Å²) in [6, 6.07) is 9.72. The van der Waals surface area contributed by atoms with Crippen LogP contribution in [0.4, 0.5) is 4.39 Å². The van der Waals surface area contributed by atoms with Crippen LogP contribution in [-0.4, -0.2) is 60.8 Å². The maximum Gasteiger partial charge on any atom is 0.307 e. The number of carbonyl (C=O) groups is 3. The highest BCUT2D eigenvalue weighted by molar-refractivity contribution is 5.98. The average molecular weight is 590 g/mol. The van der Waals surface area contributed by atoms with Crippen molar-refractivity contribution in [1.82, 2.24) is 24.8 Å². The Hall–Kier alpha value is -4.28. The van der Waals surface area contributed by atoms with Crippen LogP contribution in [-0.2, 0) is 29.2 Å². The summed E-state index contributed by atoms with van der Waals surface area (Å²) in [5, 5.41) is 18.3. The van der Waals surface area contributed by atoms with Gasteiger partial charge < -0.3 is 19.6 Å². The molecule has 1 aromatic heterocycles. The van der Waals surface area contributed by atoms with Gasteiger partial charge in [-0.25, -0.2) is 9.07 Å². The number of aliphatic carboxylic acids is 1. The number of rotatable bonds is 8. The number of carboxylic acids is 1. The van der Waals surface area contributed by atoms with Crippen LogP contribution in [0.25, 0.3) is 0 Å². The number of amides is 2. The Kier molecular flexibility index (Phi) is 7.89. The van der Waals surface area contributed by atoms with Crippen LogP contribution in [0.2, 0.25) is 0 Å². The normalized spacial score (nSPS) is 21.6. The lowest BCUT2D eigenvalue weighted by molar-refractivity contribution is -0.153. The van der Waals surface area contributed by atoms with Crippen LogP contribution in [0.3, 0.4) is 0 Å². The maximum absolute atomic E-state index is 15.4. The number of hydrogen-bond acceptors (Lipinski definition) is 6. The molecule has 0 spiro atoms. The minimum absolute atomic E-state index is 0.0866. The molecule has 1 unspecified atom stereocenters. The number of carboxylic acid groups (broad SMARTS) is 1. The summed E-state index contributed by atoms with van der Waals surface area (Å²) in [6.07, 6.45) is 4.51. The molecule has 2 aliphatic heterocycles. The van der Waals surface area contributed by atoms with Crippen LogP contribution < -0.4 is 4.74 Å². The molecule has 6 rings (SSSR count). The van der Waals surface area contributed by atoms with E-state index in [-0.39, 0.29) is 44.0 Å². The second-order valence-electron chi connectivity index (χ2n) is 12.0. The highest BCUT2D eigenvalue weighted by Gasteiger charge is 2.44. The molecule has 1 saturated carbocycles. The van der Waals surface area contributed by atoms with Gasteiger partial charge in [-0.2, -0.15) is 0 Å². The third-order valence-electron chi connectivity index (χ3n) is 9.01. The van der Waals surface area contributed by atoms with Crippen molar-refractivity contribution in [2.45, 2.75) is 71.2 Å². The Labute approximate surface area is 249 Å². The van der Waals surface area contributed by atoms with Crippen molar-refractivity contribution in [3.8, 4) is 5.75 Å². The molecule has 1 N–H and O–H groups in total. The van der Waals surface area contributed by atoms with Crippen molar-refractivity contribution in [2.75, 3.05) is 13.1 Å². The van der Waals surface area contributed by atoms with Crippen LogP contribution in [0.5, 0.6) is 5.75 Å². The van der Waals surface area contributed by atoms with Gasteiger partial charge in [-0.3, -0.25) is 14.4 Å². The average Bonchev–Trinajstić information content (AvgIpc) is 3.61. The monoisotopic (exact) mass is 589 g/mol. The van der Waals surface area contributed by atoms with Gasteiger partial charge in [-0.05, 0) is 62.4 Å². The molecule has 11 heteroatoms. The molecule has 3 aliphatic rings. The minimum atomic E-state index is -0.971. The Bertz CT molecular complexity index is 1550. The largest absolute Gasteiger partial charge is 0.487 e. The van der Waals surface area contributed by atoms with E-state index in [1.165, 1.54) is 6.07 Å². The molecule has 0 bridgehead atoms. The topological polar surface area (TPSA) is 118 Å². The summed E-state index contributed by atoms with van der Waals surface area (Å²) in [6.45, 7) is 4.78. The molecule has 0 radical (unpaired) electrons. The zero-order chi connectivity index (χ0) is 30.2. The SMILES string of the molecule is CC(C)n1cc(COc2ccc(F)c3c2[C@@H](CN2Cc4ccccc4C2=O)N(C(=O)C2CCCC[C@H]2C(=O)O)CC3)nn1. The summed E-state index contributed by atoms with van der Waals surface area (Å²) in [4.78, 5) is 43.1.